The molecule has 2 aliphatic rings. The highest BCUT2D eigenvalue weighted by molar-refractivity contribution is 5.99. The van der Waals surface area contributed by atoms with Crippen LogP contribution < -0.4 is 21.3 Å². The lowest BCUT2D eigenvalue weighted by atomic mass is 9.97. The van der Waals surface area contributed by atoms with Gasteiger partial charge in [0.1, 0.15) is 42.3 Å². The van der Waals surface area contributed by atoms with Gasteiger partial charge in [-0.1, -0.05) is 94.5 Å². The minimum absolute atomic E-state index is 0.0151. The Kier molecular flexibility index (Phi) is 18.0. The number of nitrogens with one attached hydrogen (secondary N) is 4. The van der Waals surface area contributed by atoms with Crippen molar-refractivity contribution in [2.75, 3.05) is 20.6 Å². The van der Waals surface area contributed by atoms with E-state index < -0.39 is 89.2 Å². The van der Waals surface area contributed by atoms with E-state index in [9.17, 15) is 14.4 Å². The third kappa shape index (κ3) is 13.1. The van der Waals surface area contributed by atoms with Gasteiger partial charge in [-0.25, -0.2) is 4.98 Å². The van der Waals surface area contributed by atoms with Gasteiger partial charge in [-0.2, -0.15) is 0 Å². The zero-order valence-electron chi connectivity index (χ0n) is 45.4. The van der Waals surface area contributed by atoms with Gasteiger partial charge in [-0.3, -0.25) is 33.6 Å². The van der Waals surface area contributed by atoms with Gasteiger partial charge in [-0.05, 0) is 93.2 Å². The van der Waals surface area contributed by atoms with Crippen LogP contribution in [-0.2, 0) is 58.4 Å². The Morgan fingerprint density at radius 2 is 1.33 bits per heavy atom. The van der Waals surface area contributed by atoms with Crippen molar-refractivity contribution in [3.8, 4) is 0 Å². The number of hydrogen-bond acceptors (Lipinski definition) is 9. The van der Waals surface area contributed by atoms with Gasteiger partial charge in [0.25, 0.3) is 0 Å². The number of nitrogens with zero attached hydrogens (tertiary/aromatic N) is 5. The lowest BCUT2D eigenvalue weighted by Gasteiger charge is -2.38. The van der Waals surface area contributed by atoms with Crippen molar-refractivity contribution in [2.45, 2.75) is 141 Å². The number of rotatable bonds is 12. The molecule has 0 radical (unpaired) electrons. The van der Waals surface area contributed by atoms with Gasteiger partial charge < -0.3 is 45.0 Å². The van der Waals surface area contributed by atoms with Crippen molar-refractivity contribution in [1.29, 1.82) is 0 Å². The van der Waals surface area contributed by atoms with Crippen LogP contribution in [0.25, 0.3) is 22.0 Å². The van der Waals surface area contributed by atoms with E-state index >= 15 is 19.2 Å². The molecule has 1 saturated heterocycles. The highest BCUT2D eigenvalue weighted by Crippen LogP contribution is 2.30. The Morgan fingerprint density at radius 3 is 2.01 bits per heavy atom. The van der Waals surface area contributed by atoms with Crippen LogP contribution in [0, 0.1) is 11.8 Å². The fourth-order valence-electron chi connectivity index (χ4n) is 10.3. The Labute approximate surface area is 445 Å². The first kappa shape index (κ1) is 56.2. The minimum atomic E-state index is -1.29. The van der Waals surface area contributed by atoms with Gasteiger partial charge >= 0.3 is 0 Å². The third-order valence-corrected chi connectivity index (χ3v) is 14.7. The largest absolute Gasteiger partial charge is 0.446 e. The van der Waals surface area contributed by atoms with Gasteiger partial charge in [0.05, 0.1) is 11.8 Å². The number of amides is 7. The molecular formula is C59H75N9O8. The molecule has 7 rings (SSSR count). The predicted octanol–water partition coefficient (Wildman–Crippen LogP) is 6.00. The molecule has 7 atom stereocenters. The van der Waals surface area contributed by atoms with Crippen molar-refractivity contribution < 1.29 is 38.0 Å². The van der Waals surface area contributed by atoms with Crippen molar-refractivity contribution >= 4 is 63.4 Å². The van der Waals surface area contributed by atoms with E-state index in [2.05, 4.69) is 37.4 Å². The number of likely N-dealkylation sites (N-methyl/N-ethyl adjacent to an activating group) is 2. The second kappa shape index (κ2) is 24.4. The second-order valence-corrected chi connectivity index (χ2v) is 21.8. The average Bonchev–Trinajstić information content (AvgIpc) is 4.02. The van der Waals surface area contributed by atoms with E-state index in [0.717, 1.165) is 22.0 Å². The third-order valence-electron chi connectivity index (χ3n) is 14.7. The van der Waals surface area contributed by atoms with Crippen LogP contribution in [0.2, 0.25) is 0 Å². The van der Waals surface area contributed by atoms with E-state index in [4.69, 9.17) is 4.42 Å². The van der Waals surface area contributed by atoms with Gasteiger partial charge in [0.2, 0.25) is 47.1 Å². The quantitative estimate of drug-likeness (QED) is 0.108. The number of aromatic nitrogens is 2. The molecular weight excluding hydrogens is 963 g/mol. The smallest absolute Gasteiger partial charge is 0.246 e. The molecule has 2 aliphatic heterocycles. The van der Waals surface area contributed by atoms with Crippen molar-refractivity contribution in [2.24, 2.45) is 11.8 Å². The number of carbonyl (C=O) groups is 7. The van der Waals surface area contributed by atoms with Crippen LogP contribution in [0.1, 0.15) is 90.8 Å². The number of hydrogen-bond donors (Lipinski definition) is 4. The van der Waals surface area contributed by atoms with Gasteiger partial charge in [-0.15, -0.1) is 6.58 Å². The van der Waals surface area contributed by atoms with Crippen LogP contribution in [0.3, 0.4) is 0 Å². The van der Waals surface area contributed by atoms with E-state index in [-0.39, 0.29) is 56.9 Å². The molecule has 0 unspecified atom stereocenters. The van der Waals surface area contributed by atoms with Gasteiger partial charge in [0, 0.05) is 68.6 Å². The summed E-state index contributed by atoms with van der Waals surface area (Å²) in [6.45, 7) is 17.5. The summed E-state index contributed by atoms with van der Waals surface area (Å²) in [4.78, 5) is 114. The molecule has 5 aromatic rings. The zero-order chi connectivity index (χ0) is 55.0. The molecule has 3 aromatic heterocycles. The first-order chi connectivity index (χ1) is 36.2. The normalized spacial score (nSPS) is 23.7. The minimum Gasteiger partial charge on any atom is -0.446 e. The summed E-state index contributed by atoms with van der Waals surface area (Å²) in [6.07, 6.45) is 11.5. The van der Waals surface area contributed by atoms with Gasteiger partial charge in [0.15, 0.2) is 0 Å². The summed E-state index contributed by atoms with van der Waals surface area (Å²) in [7, 11) is 3.01. The number of fused-ring (bicyclic) bond motifs is 4. The molecule has 4 N–H and O–H groups in total. The summed E-state index contributed by atoms with van der Waals surface area (Å²) in [5.41, 5.74) is 2.77. The Balaban J connectivity index is 1.37. The fraction of sp³-hybridized carbons (Fsp3) is 0.458. The predicted molar refractivity (Wildman–Crippen MR) is 292 cm³/mol. The van der Waals surface area contributed by atoms with Crippen LogP contribution in [-0.4, -0.2) is 129 Å². The molecule has 1 fully saturated rings. The number of carbonyl (C=O) groups excluding carboxylic acids is 7. The SMILES string of the molecule is C=CC(C)(C)n1cc(C[C@@H]2NC(=O)[C@H](Cc3ccccc3)NC(=O)[C@H](CC(C)C)N3CC/C=C\C[C@@H](C3=O)N(C)C(=O)[C@H](C)NC(=O)[C@H](Cc3cnc4occc4c3)NC(=O)[C@H](CC(C)C)N(C)C2=O)c2ccccc21. The van der Waals surface area contributed by atoms with Crippen LogP contribution in [0.15, 0.2) is 115 Å². The molecule has 0 spiro atoms. The van der Waals surface area contributed by atoms with Crippen LogP contribution in [0.4, 0.5) is 0 Å². The number of allylic oxidation sites excluding steroid dienone is 1. The average molecular weight is 1040 g/mol. The highest BCUT2D eigenvalue weighted by Gasteiger charge is 2.41. The van der Waals surface area contributed by atoms with E-state index in [1.54, 1.807) is 18.3 Å². The number of furan rings is 1. The van der Waals surface area contributed by atoms with Crippen molar-refractivity contribution in [3.63, 3.8) is 0 Å². The maximum absolute atomic E-state index is 15.5. The Hall–Kier alpha value is -7.56. The first-order valence-electron chi connectivity index (χ1n) is 26.5. The van der Waals surface area contributed by atoms with E-state index in [0.29, 0.717) is 23.1 Å². The van der Waals surface area contributed by atoms with Crippen molar-refractivity contribution in [3.05, 3.63) is 127 Å². The molecule has 5 heterocycles. The maximum Gasteiger partial charge on any atom is 0.246 e. The molecule has 7 amide bonds. The highest BCUT2D eigenvalue weighted by atomic mass is 16.3. The Morgan fingerprint density at radius 1 is 0.711 bits per heavy atom. The van der Waals surface area contributed by atoms with Crippen LogP contribution in [0.5, 0.6) is 0 Å². The number of benzene rings is 2. The summed E-state index contributed by atoms with van der Waals surface area (Å²) >= 11 is 0. The van der Waals surface area contributed by atoms with E-state index in [1.165, 1.54) is 42.0 Å². The van der Waals surface area contributed by atoms with Crippen LogP contribution >= 0.6 is 0 Å². The molecule has 0 saturated carbocycles. The fourth-order valence-corrected chi connectivity index (χ4v) is 10.3. The van der Waals surface area contributed by atoms with Crippen molar-refractivity contribution in [1.82, 2.24) is 45.5 Å². The molecule has 17 nitrogen and oxygen atoms in total. The molecule has 76 heavy (non-hydrogen) atoms. The molecule has 2 aromatic carbocycles. The number of pyridine rings is 1. The second-order valence-electron chi connectivity index (χ2n) is 21.8. The molecule has 2 bridgehead atoms. The topological polar surface area (TPSA) is 208 Å². The number of para-hydroxylation sites is 1. The summed E-state index contributed by atoms with van der Waals surface area (Å²) in [6, 6.07) is 12.2. The summed E-state index contributed by atoms with van der Waals surface area (Å²) < 4.78 is 7.54. The molecule has 404 valence electrons. The van der Waals surface area contributed by atoms with E-state index in [1.807, 2.05) is 121 Å². The maximum atomic E-state index is 15.5. The lowest BCUT2D eigenvalue weighted by molar-refractivity contribution is -0.150. The zero-order valence-corrected chi connectivity index (χ0v) is 45.4. The lowest BCUT2D eigenvalue weighted by Crippen LogP contribution is -2.61. The Bertz CT molecular complexity index is 2960. The summed E-state index contributed by atoms with van der Waals surface area (Å²) in [5.74, 6) is -4.41. The molecule has 17 heteroatoms. The summed E-state index contributed by atoms with van der Waals surface area (Å²) in [5, 5.41) is 13.4. The standard InChI is InChI=1S/C59H75N9O8/c1-11-59(7,8)68-35-42(43-22-17-18-23-47(43)68)33-46-57(74)66(10)49(28-36(2)3)53(71)62-45(32-40-30-41-25-27-76-55(41)60-34-40)51(69)61-38(6)56(73)65(9)48-24-16-13-19-26-67(58(48)75)50(29-37(4)5)54(72)63-44(52(70)64-46)31-39-20-14-12-15-21-39/h11-18,20-23,25,27,30,34-38,44-46,48-50H,1,19,24,26,28-29,31-33H2,2-10H3,(H,61,69)(H,62,71)(H,63,72)(H,64,70)/b16-13-/t38-,44-,45-,46-,48-,49-,50-/m0/s1. The monoisotopic (exact) mass is 1040 g/mol. The first-order valence-corrected chi connectivity index (χ1v) is 26.5. The molecule has 0 aliphatic carbocycles.